The van der Waals surface area contributed by atoms with E-state index in [4.69, 9.17) is 17.3 Å². The lowest BCUT2D eigenvalue weighted by atomic mass is 9.96. The number of nitrogens with two attached hydrogens (primary N) is 1. The van der Waals surface area contributed by atoms with E-state index in [1.165, 1.54) is 4.31 Å². The molecule has 1 aromatic carbocycles. The highest BCUT2D eigenvalue weighted by molar-refractivity contribution is 9.10. The zero-order chi connectivity index (χ0) is 14.9. The van der Waals surface area contributed by atoms with Gasteiger partial charge < -0.3 is 5.73 Å². The number of sulfonamides is 1. The lowest BCUT2D eigenvalue weighted by molar-refractivity contribution is 0.211. The van der Waals surface area contributed by atoms with Gasteiger partial charge in [-0.25, -0.2) is 8.42 Å². The number of piperidine rings is 1. The van der Waals surface area contributed by atoms with Crippen LogP contribution in [-0.2, 0) is 10.0 Å². The summed E-state index contributed by atoms with van der Waals surface area (Å²) in [6.07, 6.45) is 1.80. The van der Waals surface area contributed by atoms with Gasteiger partial charge in [0.15, 0.2) is 0 Å². The van der Waals surface area contributed by atoms with Gasteiger partial charge in [-0.15, -0.1) is 0 Å². The average molecular weight is 382 g/mol. The molecule has 0 spiro atoms. The van der Waals surface area contributed by atoms with E-state index in [2.05, 4.69) is 15.9 Å². The van der Waals surface area contributed by atoms with Gasteiger partial charge in [-0.05, 0) is 50.4 Å². The number of rotatable bonds is 3. The summed E-state index contributed by atoms with van der Waals surface area (Å²) in [5.41, 5.74) is 5.69. The standard InChI is InChI=1S/C13H18BrClN2O2S/c1-9-2-3-10(7-16)8-17(9)20(18,19)13-5-4-11(14)6-12(13)15/h4-6,9-10H,2-3,7-8,16H2,1H3. The van der Waals surface area contributed by atoms with Gasteiger partial charge in [-0.3, -0.25) is 0 Å². The molecule has 112 valence electrons. The molecule has 2 unspecified atom stereocenters. The Labute approximate surface area is 133 Å². The van der Waals surface area contributed by atoms with Crippen LogP contribution in [0.15, 0.2) is 27.6 Å². The van der Waals surface area contributed by atoms with E-state index >= 15 is 0 Å². The van der Waals surface area contributed by atoms with Gasteiger partial charge in [-0.1, -0.05) is 27.5 Å². The van der Waals surface area contributed by atoms with Crippen molar-refractivity contribution in [1.29, 1.82) is 0 Å². The fourth-order valence-electron chi connectivity index (χ4n) is 2.48. The lowest BCUT2D eigenvalue weighted by Crippen LogP contribution is -2.47. The molecule has 0 saturated carbocycles. The predicted molar refractivity (Wildman–Crippen MR) is 84.3 cm³/mol. The van der Waals surface area contributed by atoms with Crippen LogP contribution in [0.1, 0.15) is 19.8 Å². The van der Waals surface area contributed by atoms with E-state index in [9.17, 15) is 8.42 Å². The van der Waals surface area contributed by atoms with E-state index < -0.39 is 10.0 Å². The fourth-order valence-corrected chi connectivity index (χ4v) is 5.23. The second-order valence-corrected chi connectivity index (χ2v) is 8.36. The molecule has 2 N–H and O–H groups in total. The number of nitrogens with zero attached hydrogens (tertiary/aromatic N) is 1. The molecule has 1 fully saturated rings. The monoisotopic (exact) mass is 380 g/mol. The Hall–Kier alpha value is -0.140. The van der Waals surface area contributed by atoms with Gasteiger partial charge >= 0.3 is 0 Å². The lowest BCUT2D eigenvalue weighted by Gasteiger charge is -2.36. The third-order valence-corrected chi connectivity index (χ3v) is 6.69. The van der Waals surface area contributed by atoms with Crippen molar-refractivity contribution in [3.63, 3.8) is 0 Å². The third kappa shape index (κ3) is 3.20. The van der Waals surface area contributed by atoms with Gasteiger partial charge in [0, 0.05) is 17.1 Å². The molecule has 0 amide bonds. The molecule has 1 saturated heterocycles. The minimum atomic E-state index is -3.58. The number of benzene rings is 1. The summed E-state index contributed by atoms with van der Waals surface area (Å²) in [4.78, 5) is 0.159. The number of halogens is 2. The molecule has 1 aliphatic heterocycles. The van der Waals surface area contributed by atoms with Crippen LogP contribution < -0.4 is 5.73 Å². The molecule has 0 radical (unpaired) electrons. The van der Waals surface area contributed by atoms with Crippen LogP contribution in [0.3, 0.4) is 0 Å². The van der Waals surface area contributed by atoms with Crippen molar-refractivity contribution in [2.24, 2.45) is 11.7 Å². The Morgan fingerprint density at radius 3 is 2.75 bits per heavy atom. The SMILES string of the molecule is CC1CCC(CN)CN1S(=O)(=O)c1ccc(Br)cc1Cl. The first kappa shape index (κ1) is 16.2. The van der Waals surface area contributed by atoms with Gasteiger partial charge in [0.05, 0.1) is 5.02 Å². The zero-order valence-electron chi connectivity index (χ0n) is 11.2. The van der Waals surface area contributed by atoms with Crippen molar-refractivity contribution < 1.29 is 8.42 Å². The molecule has 1 aromatic rings. The predicted octanol–water partition coefficient (Wildman–Crippen LogP) is 2.85. The summed E-state index contributed by atoms with van der Waals surface area (Å²) in [5.74, 6) is 0.218. The van der Waals surface area contributed by atoms with E-state index in [1.54, 1.807) is 18.2 Å². The van der Waals surface area contributed by atoms with Crippen molar-refractivity contribution in [2.75, 3.05) is 13.1 Å². The van der Waals surface area contributed by atoms with Gasteiger partial charge in [0.1, 0.15) is 4.90 Å². The Morgan fingerprint density at radius 1 is 1.45 bits per heavy atom. The topological polar surface area (TPSA) is 63.4 Å². The summed E-state index contributed by atoms with van der Waals surface area (Å²) < 4.78 is 27.8. The molecule has 2 atom stereocenters. The highest BCUT2D eigenvalue weighted by Crippen LogP contribution is 2.32. The maximum absolute atomic E-state index is 12.8. The summed E-state index contributed by atoms with van der Waals surface area (Å²) >= 11 is 9.37. The Morgan fingerprint density at radius 2 is 2.15 bits per heavy atom. The molecule has 7 heteroatoms. The maximum atomic E-state index is 12.8. The molecular weight excluding hydrogens is 364 g/mol. The summed E-state index contributed by atoms with van der Waals surface area (Å²) in [7, 11) is -3.58. The fraction of sp³-hybridized carbons (Fsp3) is 0.538. The summed E-state index contributed by atoms with van der Waals surface area (Å²) in [6.45, 7) is 2.90. The Balaban J connectivity index is 2.38. The summed E-state index contributed by atoms with van der Waals surface area (Å²) in [6, 6.07) is 4.81. The van der Waals surface area contributed by atoms with Crippen LogP contribution in [-0.4, -0.2) is 31.9 Å². The van der Waals surface area contributed by atoms with E-state index in [-0.39, 0.29) is 21.9 Å². The van der Waals surface area contributed by atoms with Crippen LogP contribution in [0.5, 0.6) is 0 Å². The minimum absolute atomic E-state index is 0.0255. The van der Waals surface area contributed by atoms with E-state index in [0.29, 0.717) is 13.1 Å². The molecule has 20 heavy (non-hydrogen) atoms. The average Bonchev–Trinajstić information content (AvgIpc) is 2.38. The Kier molecular flexibility index (Phi) is 5.13. The van der Waals surface area contributed by atoms with Crippen molar-refractivity contribution in [1.82, 2.24) is 4.31 Å². The van der Waals surface area contributed by atoms with E-state index in [1.807, 2.05) is 6.92 Å². The highest BCUT2D eigenvalue weighted by atomic mass is 79.9. The molecule has 0 bridgehead atoms. The van der Waals surface area contributed by atoms with Crippen molar-refractivity contribution >= 4 is 37.6 Å². The second-order valence-electron chi connectivity index (χ2n) is 5.18. The first-order valence-electron chi connectivity index (χ1n) is 6.53. The molecule has 2 rings (SSSR count). The maximum Gasteiger partial charge on any atom is 0.244 e. The van der Waals surface area contributed by atoms with Gasteiger partial charge in [-0.2, -0.15) is 4.31 Å². The molecule has 0 aromatic heterocycles. The van der Waals surface area contributed by atoms with Crippen molar-refractivity contribution in [2.45, 2.75) is 30.7 Å². The van der Waals surface area contributed by atoms with Crippen molar-refractivity contribution in [3.05, 3.63) is 27.7 Å². The second kappa shape index (κ2) is 6.32. The first-order chi connectivity index (χ1) is 9.36. The minimum Gasteiger partial charge on any atom is -0.330 e. The normalized spacial score (nSPS) is 24.8. The summed E-state index contributed by atoms with van der Waals surface area (Å²) in [5, 5.41) is 0.237. The van der Waals surface area contributed by atoms with E-state index in [0.717, 1.165) is 17.3 Å². The smallest absolute Gasteiger partial charge is 0.244 e. The zero-order valence-corrected chi connectivity index (χ0v) is 14.4. The largest absolute Gasteiger partial charge is 0.330 e. The molecule has 1 aliphatic rings. The number of hydrogen-bond donors (Lipinski definition) is 1. The molecule has 4 nitrogen and oxygen atoms in total. The van der Waals surface area contributed by atoms with Crippen LogP contribution in [0.2, 0.25) is 5.02 Å². The first-order valence-corrected chi connectivity index (χ1v) is 9.14. The molecular formula is C13H18BrClN2O2S. The van der Waals surface area contributed by atoms with Crippen LogP contribution in [0, 0.1) is 5.92 Å². The van der Waals surface area contributed by atoms with Crippen LogP contribution in [0.25, 0.3) is 0 Å². The van der Waals surface area contributed by atoms with Crippen molar-refractivity contribution in [3.8, 4) is 0 Å². The van der Waals surface area contributed by atoms with Gasteiger partial charge in [0.2, 0.25) is 10.0 Å². The quantitative estimate of drug-likeness (QED) is 0.875. The molecule has 0 aliphatic carbocycles. The van der Waals surface area contributed by atoms with Gasteiger partial charge in [0.25, 0.3) is 0 Å². The van der Waals surface area contributed by atoms with Crippen LogP contribution in [0.4, 0.5) is 0 Å². The molecule has 1 heterocycles. The number of hydrogen-bond acceptors (Lipinski definition) is 3. The highest BCUT2D eigenvalue weighted by Gasteiger charge is 2.35. The third-order valence-electron chi connectivity index (χ3n) is 3.74. The Bertz CT molecular complexity index is 594. The van der Waals surface area contributed by atoms with Crippen LogP contribution >= 0.6 is 27.5 Å².